The highest BCUT2D eigenvalue weighted by molar-refractivity contribution is 6.22. The van der Waals surface area contributed by atoms with Crippen molar-refractivity contribution >= 4 is 43.4 Å². The van der Waals surface area contributed by atoms with Gasteiger partial charge in [0.1, 0.15) is 0 Å². The molecule has 2 heteroatoms. The first-order valence-corrected chi connectivity index (χ1v) is 13.6. The fourth-order valence-electron chi connectivity index (χ4n) is 6.18. The number of pyridine rings is 2. The Kier molecular flexibility index (Phi) is 5.17. The highest BCUT2D eigenvalue weighted by atomic mass is 14.7. The summed E-state index contributed by atoms with van der Waals surface area (Å²) in [5.41, 5.74) is 9.17. The first kappa shape index (κ1) is 22.6. The lowest BCUT2D eigenvalue weighted by molar-refractivity contribution is 1.37. The number of fused-ring (bicyclic) bond motifs is 5. The number of benzene rings is 6. The van der Waals surface area contributed by atoms with E-state index in [4.69, 9.17) is 4.98 Å². The Labute approximate surface area is 232 Å². The normalized spacial score (nSPS) is 11.5. The van der Waals surface area contributed by atoms with Crippen LogP contribution in [0.2, 0.25) is 0 Å². The molecule has 0 N–H and O–H groups in total. The van der Waals surface area contributed by atoms with E-state index in [1.165, 1.54) is 49.4 Å². The van der Waals surface area contributed by atoms with Crippen LogP contribution in [0.1, 0.15) is 0 Å². The maximum atomic E-state index is 4.76. The molecule has 0 atom stereocenters. The van der Waals surface area contributed by atoms with E-state index in [0.717, 1.165) is 27.4 Å². The quantitative estimate of drug-likeness (QED) is 0.175. The van der Waals surface area contributed by atoms with E-state index in [0.29, 0.717) is 0 Å². The van der Waals surface area contributed by atoms with E-state index in [9.17, 15) is 0 Å². The fraction of sp³-hybridized carbons (Fsp3) is 0. The molecule has 6 aromatic carbocycles. The van der Waals surface area contributed by atoms with Crippen LogP contribution >= 0.6 is 0 Å². The molecule has 8 aromatic rings. The Balaban J connectivity index is 1.50. The highest BCUT2D eigenvalue weighted by Gasteiger charge is 2.18. The first-order chi connectivity index (χ1) is 19.9. The van der Waals surface area contributed by atoms with Crippen molar-refractivity contribution in [2.24, 2.45) is 0 Å². The summed E-state index contributed by atoms with van der Waals surface area (Å²) in [6.45, 7) is 0. The second kappa shape index (κ2) is 9.14. The zero-order valence-corrected chi connectivity index (χ0v) is 21.8. The Hall–Kier alpha value is -5.34. The van der Waals surface area contributed by atoms with Gasteiger partial charge in [-0.05, 0) is 73.1 Å². The van der Waals surface area contributed by atoms with Gasteiger partial charge < -0.3 is 0 Å². The van der Waals surface area contributed by atoms with Crippen molar-refractivity contribution in [3.05, 3.63) is 146 Å². The molecule has 2 nitrogen and oxygen atoms in total. The second-order valence-corrected chi connectivity index (χ2v) is 10.2. The van der Waals surface area contributed by atoms with Crippen molar-refractivity contribution in [3.63, 3.8) is 0 Å². The third-order valence-electron chi connectivity index (χ3n) is 7.94. The monoisotopic (exact) mass is 508 g/mol. The lowest BCUT2D eigenvalue weighted by Crippen LogP contribution is -1.92. The van der Waals surface area contributed by atoms with E-state index < -0.39 is 0 Å². The molecule has 0 aliphatic carbocycles. The fourth-order valence-corrected chi connectivity index (χ4v) is 6.18. The van der Waals surface area contributed by atoms with Crippen LogP contribution in [0.3, 0.4) is 0 Å². The van der Waals surface area contributed by atoms with Crippen molar-refractivity contribution in [3.8, 4) is 33.4 Å². The van der Waals surface area contributed by atoms with Gasteiger partial charge in [0.2, 0.25) is 0 Å². The van der Waals surface area contributed by atoms with Gasteiger partial charge in [-0.2, -0.15) is 0 Å². The van der Waals surface area contributed by atoms with Crippen molar-refractivity contribution in [1.82, 2.24) is 9.97 Å². The van der Waals surface area contributed by atoms with Crippen molar-refractivity contribution in [2.45, 2.75) is 0 Å². The van der Waals surface area contributed by atoms with Crippen LogP contribution in [0.15, 0.2) is 146 Å². The van der Waals surface area contributed by atoms with Crippen molar-refractivity contribution in [2.75, 3.05) is 0 Å². The van der Waals surface area contributed by atoms with Crippen LogP contribution in [-0.4, -0.2) is 9.97 Å². The molecule has 0 aliphatic rings. The summed E-state index contributed by atoms with van der Waals surface area (Å²) < 4.78 is 0. The number of hydrogen-bond acceptors (Lipinski definition) is 2. The minimum Gasteiger partial charge on any atom is -0.254 e. The largest absolute Gasteiger partial charge is 0.254 e. The molecule has 0 fully saturated rings. The van der Waals surface area contributed by atoms with E-state index in [1.54, 1.807) is 0 Å². The number of aromatic nitrogens is 2. The lowest BCUT2D eigenvalue weighted by Gasteiger charge is -2.19. The zero-order valence-electron chi connectivity index (χ0n) is 21.8. The summed E-state index contributed by atoms with van der Waals surface area (Å²) in [4.78, 5) is 9.42. The molecule has 0 unspecified atom stereocenters. The van der Waals surface area contributed by atoms with Gasteiger partial charge in [0.15, 0.2) is 0 Å². The molecule has 0 amide bonds. The topological polar surface area (TPSA) is 25.8 Å². The maximum absolute atomic E-state index is 4.76. The number of nitrogens with zero attached hydrogens (tertiary/aromatic N) is 2. The number of rotatable bonds is 3. The molecule has 0 saturated carbocycles. The minimum atomic E-state index is 0.933. The molecule has 0 bridgehead atoms. The SMILES string of the molecule is c1ccc(-c2c3ccccc3c(-c3ccccc3)c3cc(-c4ccnc5c4ccc4cccnc45)ccc23)cc1. The summed E-state index contributed by atoms with van der Waals surface area (Å²) in [6, 6.07) is 47.8. The van der Waals surface area contributed by atoms with Gasteiger partial charge in [0.05, 0.1) is 11.0 Å². The standard InChI is InChI=1S/C38H24N2/c1-3-10-25(11-4-1)35-30-15-7-8-16-31(30)36(26-12-5-2-6-13-26)34-24-28(18-19-32(34)35)29-21-23-40-38-33(29)20-17-27-14-9-22-39-37(27)38/h1-24H. The van der Waals surface area contributed by atoms with Crippen LogP contribution < -0.4 is 0 Å². The first-order valence-electron chi connectivity index (χ1n) is 13.6. The third-order valence-corrected chi connectivity index (χ3v) is 7.94. The lowest BCUT2D eigenvalue weighted by atomic mass is 9.84. The van der Waals surface area contributed by atoms with Gasteiger partial charge in [0.25, 0.3) is 0 Å². The van der Waals surface area contributed by atoms with Crippen molar-refractivity contribution in [1.29, 1.82) is 0 Å². The van der Waals surface area contributed by atoms with Gasteiger partial charge in [0, 0.05) is 23.2 Å². The molecule has 2 heterocycles. The smallest absolute Gasteiger partial charge is 0.0970 e. The summed E-state index contributed by atoms with van der Waals surface area (Å²) in [5, 5.41) is 7.22. The van der Waals surface area contributed by atoms with Crippen molar-refractivity contribution < 1.29 is 0 Å². The Bertz CT molecular complexity index is 2200. The molecule has 8 rings (SSSR count). The Morgan fingerprint density at radius 2 is 0.950 bits per heavy atom. The Morgan fingerprint density at radius 1 is 0.350 bits per heavy atom. The predicted octanol–water partition coefficient (Wildman–Crippen LogP) is 10.1. The molecular formula is C38H24N2. The van der Waals surface area contributed by atoms with Gasteiger partial charge in [-0.25, -0.2) is 0 Å². The van der Waals surface area contributed by atoms with Crippen LogP contribution in [0, 0.1) is 0 Å². The molecule has 0 saturated heterocycles. The molecule has 0 radical (unpaired) electrons. The average Bonchev–Trinajstić information content (AvgIpc) is 3.03. The second-order valence-electron chi connectivity index (χ2n) is 10.2. The number of hydrogen-bond donors (Lipinski definition) is 0. The molecule has 0 aliphatic heterocycles. The van der Waals surface area contributed by atoms with Crippen LogP contribution in [0.5, 0.6) is 0 Å². The van der Waals surface area contributed by atoms with Gasteiger partial charge in [-0.3, -0.25) is 9.97 Å². The Morgan fingerprint density at radius 3 is 1.68 bits per heavy atom. The summed E-state index contributed by atoms with van der Waals surface area (Å²) in [6.07, 6.45) is 3.75. The van der Waals surface area contributed by atoms with Gasteiger partial charge in [-0.15, -0.1) is 0 Å². The van der Waals surface area contributed by atoms with Crippen LogP contribution in [0.25, 0.3) is 76.7 Å². The average molecular weight is 509 g/mol. The molecular weight excluding hydrogens is 484 g/mol. The predicted molar refractivity (Wildman–Crippen MR) is 168 cm³/mol. The third kappa shape index (κ3) is 3.50. The van der Waals surface area contributed by atoms with Gasteiger partial charge >= 0.3 is 0 Å². The summed E-state index contributed by atoms with van der Waals surface area (Å²) in [5.74, 6) is 0. The zero-order chi connectivity index (χ0) is 26.5. The summed E-state index contributed by atoms with van der Waals surface area (Å²) >= 11 is 0. The van der Waals surface area contributed by atoms with E-state index in [1.807, 2.05) is 18.5 Å². The molecule has 0 spiro atoms. The molecule has 40 heavy (non-hydrogen) atoms. The van der Waals surface area contributed by atoms with Crippen LogP contribution in [0.4, 0.5) is 0 Å². The van der Waals surface area contributed by atoms with E-state index >= 15 is 0 Å². The van der Waals surface area contributed by atoms with E-state index in [-0.39, 0.29) is 0 Å². The minimum absolute atomic E-state index is 0.933. The highest BCUT2D eigenvalue weighted by Crippen LogP contribution is 2.45. The summed E-state index contributed by atoms with van der Waals surface area (Å²) in [7, 11) is 0. The maximum Gasteiger partial charge on any atom is 0.0970 e. The van der Waals surface area contributed by atoms with E-state index in [2.05, 4.69) is 132 Å². The molecule has 186 valence electrons. The molecule has 2 aromatic heterocycles. The van der Waals surface area contributed by atoms with Crippen LogP contribution in [-0.2, 0) is 0 Å². The van der Waals surface area contributed by atoms with Gasteiger partial charge in [-0.1, -0.05) is 115 Å².